The molecule has 6 heteroatoms. The van der Waals surface area contributed by atoms with Gasteiger partial charge in [0.1, 0.15) is 6.67 Å². The number of nitrogens with zero attached hydrogens (tertiary/aromatic N) is 1. The molecule has 0 aliphatic rings. The summed E-state index contributed by atoms with van der Waals surface area (Å²) in [4.78, 5) is 11.6. The number of alkyl halides is 4. The van der Waals surface area contributed by atoms with E-state index in [0.717, 1.165) is 22.9 Å². The quantitative estimate of drug-likeness (QED) is 0.768. The number of halogens is 4. The van der Waals surface area contributed by atoms with Gasteiger partial charge in [-0.1, -0.05) is 12.1 Å². The van der Waals surface area contributed by atoms with Crippen LogP contribution in [0.3, 0.4) is 0 Å². The topological polar surface area (TPSA) is 22.0 Å². The summed E-state index contributed by atoms with van der Waals surface area (Å²) in [7, 11) is 0. The lowest BCUT2D eigenvalue weighted by atomic mass is 10.2. The zero-order chi connectivity index (χ0) is 14.0. The van der Waals surface area contributed by atoms with Gasteiger partial charge < -0.3 is 0 Å². The van der Waals surface area contributed by atoms with Gasteiger partial charge >= 0.3 is 6.18 Å². The molecule has 0 atom stereocenters. The molecule has 100 valence electrons. The fraction of sp³-hybridized carbons (Fsp3) is 0.154. The Labute approximate surface area is 105 Å². The molecule has 2 nitrogen and oxygen atoms in total. The van der Waals surface area contributed by atoms with Crippen molar-refractivity contribution in [2.45, 2.75) is 12.9 Å². The van der Waals surface area contributed by atoms with Gasteiger partial charge in [-0.05, 0) is 23.8 Å². The third kappa shape index (κ3) is 2.83. The Morgan fingerprint density at radius 2 is 1.63 bits per heavy atom. The van der Waals surface area contributed by atoms with Crippen molar-refractivity contribution in [2.24, 2.45) is 0 Å². The lowest BCUT2D eigenvalue weighted by Crippen LogP contribution is -2.19. The molecule has 1 heterocycles. The minimum Gasteiger partial charge on any atom is -0.284 e. The Hall–Kier alpha value is -2.11. The van der Waals surface area contributed by atoms with E-state index < -0.39 is 24.0 Å². The monoisotopic (exact) mass is 271 g/mol. The molecule has 0 amide bonds. The number of hydrogen-bond donors (Lipinski definition) is 0. The number of pyridine rings is 1. The highest BCUT2D eigenvalue weighted by Crippen LogP contribution is 2.28. The maximum absolute atomic E-state index is 12.6. The van der Waals surface area contributed by atoms with Crippen LogP contribution in [0.5, 0.6) is 0 Å². The van der Waals surface area contributed by atoms with E-state index >= 15 is 0 Å². The molecule has 0 aliphatic carbocycles. The Morgan fingerprint density at radius 1 is 1.00 bits per heavy atom. The van der Waals surface area contributed by atoms with Gasteiger partial charge in [0.05, 0.1) is 5.56 Å². The van der Waals surface area contributed by atoms with E-state index in [4.69, 9.17) is 0 Å². The van der Waals surface area contributed by atoms with Crippen molar-refractivity contribution < 1.29 is 17.6 Å². The summed E-state index contributed by atoms with van der Waals surface area (Å²) in [5.74, 6) is 0. The lowest BCUT2D eigenvalue weighted by molar-refractivity contribution is -0.138. The third-order valence-electron chi connectivity index (χ3n) is 2.61. The second-order valence-corrected chi connectivity index (χ2v) is 3.92. The summed E-state index contributed by atoms with van der Waals surface area (Å²) in [6.45, 7) is -0.669. The van der Waals surface area contributed by atoms with Gasteiger partial charge in [0.25, 0.3) is 5.56 Å². The van der Waals surface area contributed by atoms with Crippen LogP contribution < -0.4 is 5.56 Å². The average molecular weight is 271 g/mol. The average Bonchev–Trinajstić information content (AvgIpc) is 2.38. The van der Waals surface area contributed by atoms with Crippen LogP contribution in [0.25, 0.3) is 5.69 Å². The largest absolute Gasteiger partial charge is 0.417 e. The van der Waals surface area contributed by atoms with E-state index in [2.05, 4.69) is 0 Å². The minimum absolute atomic E-state index is 0.258. The first-order valence-electron chi connectivity index (χ1n) is 5.37. The van der Waals surface area contributed by atoms with E-state index in [1.54, 1.807) is 0 Å². The van der Waals surface area contributed by atoms with Crippen LogP contribution in [0.15, 0.2) is 47.4 Å². The summed E-state index contributed by atoms with van der Waals surface area (Å²) in [5, 5.41) is 0. The number of rotatable bonds is 2. The summed E-state index contributed by atoms with van der Waals surface area (Å²) < 4.78 is 50.9. The highest BCUT2D eigenvalue weighted by molar-refractivity contribution is 5.36. The molecule has 19 heavy (non-hydrogen) atoms. The molecule has 2 aromatic rings. The highest BCUT2D eigenvalue weighted by Gasteiger charge is 2.31. The minimum atomic E-state index is -4.52. The zero-order valence-electron chi connectivity index (χ0n) is 9.62. The van der Waals surface area contributed by atoms with Gasteiger partial charge in [-0.2, -0.15) is 13.2 Å². The Morgan fingerprint density at radius 3 is 2.16 bits per heavy atom. The van der Waals surface area contributed by atoms with Gasteiger partial charge in [0.15, 0.2) is 0 Å². The van der Waals surface area contributed by atoms with Gasteiger partial charge in [-0.3, -0.25) is 9.36 Å². The molecule has 0 bridgehead atoms. The predicted molar refractivity (Wildman–Crippen MR) is 61.9 cm³/mol. The second kappa shape index (κ2) is 4.87. The first-order valence-corrected chi connectivity index (χ1v) is 5.37. The van der Waals surface area contributed by atoms with E-state index in [1.165, 1.54) is 24.3 Å². The fourth-order valence-corrected chi connectivity index (χ4v) is 1.60. The Balaban J connectivity index is 2.51. The molecule has 0 saturated carbocycles. The summed E-state index contributed by atoms with van der Waals surface area (Å²) in [5.41, 5.74) is -0.847. The number of aromatic nitrogens is 1. The van der Waals surface area contributed by atoms with Crippen LogP contribution in [0, 0.1) is 0 Å². The second-order valence-electron chi connectivity index (χ2n) is 3.92. The number of benzene rings is 1. The standard InChI is InChI=1S/C13H9F4NO/c14-7-9-1-4-11(5-2-9)18-8-10(13(15,16)17)3-6-12(18)19/h1-6,8H,7H2. The van der Waals surface area contributed by atoms with Crippen molar-refractivity contribution in [3.8, 4) is 5.69 Å². The van der Waals surface area contributed by atoms with Crippen molar-refractivity contribution in [1.29, 1.82) is 0 Å². The molecule has 0 spiro atoms. The van der Waals surface area contributed by atoms with Crippen molar-refractivity contribution in [2.75, 3.05) is 0 Å². The zero-order valence-corrected chi connectivity index (χ0v) is 9.62. The maximum Gasteiger partial charge on any atom is 0.417 e. The molecule has 1 aromatic carbocycles. The fourth-order valence-electron chi connectivity index (χ4n) is 1.60. The van der Waals surface area contributed by atoms with Gasteiger partial charge in [0.2, 0.25) is 0 Å². The van der Waals surface area contributed by atoms with Crippen LogP contribution in [-0.2, 0) is 12.9 Å². The highest BCUT2D eigenvalue weighted by atomic mass is 19.4. The first kappa shape index (κ1) is 13.3. The van der Waals surface area contributed by atoms with Gasteiger partial charge in [-0.25, -0.2) is 4.39 Å². The summed E-state index contributed by atoms with van der Waals surface area (Å²) in [6.07, 6.45) is -3.79. The van der Waals surface area contributed by atoms with Gasteiger partial charge in [0, 0.05) is 18.0 Å². The normalized spacial score (nSPS) is 11.6. The first-order chi connectivity index (χ1) is 8.91. The van der Waals surface area contributed by atoms with Crippen molar-refractivity contribution >= 4 is 0 Å². The van der Waals surface area contributed by atoms with Crippen molar-refractivity contribution in [1.82, 2.24) is 4.57 Å². The molecule has 0 aliphatic heterocycles. The molecular formula is C13H9F4NO. The molecule has 0 N–H and O–H groups in total. The molecular weight excluding hydrogens is 262 g/mol. The van der Waals surface area contributed by atoms with Crippen LogP contribution in [-0.4, -0.2) is 4.57 Å². The number of hydrogen-bond acceptors (Lipinski definition) is 1. The summed E-state index contributed by atoms with van der Waals surface area (Å²) >= 11 is 0. The molecule has 2 rings (SSSR count). The summed E-state index contributed by atoms with van der Waals surface area (Å²) in [6, 6.07) is 7.22. The third-order valence-corrected chi connectivity index (χ3v) is 2.61. The van der Waals surface area contributed by atoms with E-state index in [1.807, 2.05) is 0 Å². The van der Waals surface area contributed by atoms with E-state index in [-0.39, 0.29) is 5.69 Å². The van der Waals surface area contributed by atoms with Crippen molar-refractivity contribution in [3.05, 3.63) is 64.1 Å². The van der Waals surface area contributed by atoms with Crippen LogP contribution >= 0.6 is 0 Å². The Kier molecular flexibility index (Phi) is 3.42. The van der Waals surface area contributed by atoms with E-state index in [9.17, 15) is 22.4 Å². The molecule has 0 radical (unpaired) electrons. The van der Waals surface area contributed by atoms with Crippen LogP contribution in [0.1, 0.15) is 11.1 Å². The van der Waals surface area contributed by atoms with Crippen LogP contribution in [0.4, 0.5) is 17.6 Å². The predicted octanol–water partition coefficient (Wildman–Crippen LogP) is 3.33. The molecule has 0 unspecified atom stereocenters. The van der Waals surface area contributed by atoms with Crippen molar-refractivity contribution in [3.63, 3.8) is 0 Å². The Bertz CT molecular complexity index is 628. The molecule has 0 saturated heterocycles. The van der Waals surface area contributed by atoms with E-state index in [0.29, 0.717) is 5.56 Å². The molecule has 0 fully saturated rings. The van der Waals surface area contributed by atoms with Crippen LogP contribution in [0.2, 0.25) is 0 Å². The SMILES string of the molecule is O=c1ccc(C(F)(F)F)cn1-c1ccc(CF)cc1. The van der Waals surface area contributed by atoms with Gasteiger partial charge in [-0.15, -0.1) is 0 Å². The smallest absolute Gasteiger partial charge is 0.284 e. The maximum atomic E-state index is 12.6. The lowest BCUT2D eigenvalue weighted by Gasteiger charge is -2.10. The molecule has 1 aromatic heterocycles.